The van der Waals surface area contributed by atoms with Crippen LogP contribution in [0, 0.1) is 17.1 Å². The van der Waals surface area contributed by atoms with E-state index in [2.05, 4.69) is 0 Å². The molecule has 3 nitrogen and oxygen atoms in total. The SMILES string of the molecule is N#Cc1ccc(CS(=O)c2ccc(F)cc2N)c(Cl)c1. The maximum Gasteiger partial charge on any atom is 0.125 e. The first-order valence-corrected chi connectivity index (χ1v) is 7.33. The van der Waals surface area contributed by atoms with Crippen molar-refractivity contribution in [1.82, 2.24) is 0 Å². The van der Waals surface area contributed by atoms with Crippen molar-refractivity contribution in [3.63, 3.8) is 0 Å². The normalized spacial score (nSPS) is 11.8. The van der Waals surface area contributed by atoms with E-state index in [0.717, 1.165) is 6.07 Å². The quantitative estimate of drug-likeness (QED) is 0.885. The third-order valence-electron chi connectivity index (χ3n) is 2.69. The summed E-state index contributed by atoms with van der Waals surface area (Å²) in [5, 5.41) is 9.13. The molecule has 0 aliphatic carbocycles. The van der Waals surface area contributed by atoms with Crippen LogP contribution in [-0.4, -0.2) is 4.21 Å². The lowest BCUT2D eigenvalue weighted by atomic mass is 10.2. The molecule has 0 aromatic heterocycles. The van der Waals surface area contributed by atoms with Gasteiger partial charge in [0.1, 0.15) is 5.82 Å². The molecule has 2 rings (SSSR count). The first kappa shape index (κ1) is 14.5. The van der Waals surface area contributed by atoms with Gasteiger partial charge in [-0.1, -0.05) is 17.7 Å². The van der Waals surface area contributed by atoms with Crippen LogP contribution in [0.15, 0.2) is 41.3 Å². The molecule has 1 atom stereocenters. The molecule has 0 radical (unpaired) electrons. The standard InChI is InChI=1S/C14H10ClFN2OS/c15-12-5-9(7-17)1-2-10(12)8-20(19)14-4-3-11(16)6-13(14)18/h1-6H,8,18H2. The van der Waals surface area contributed by atoms with Gasteiger partial charge in [-0.25, -0.2) is 4.39 Å². The Morgan fingerprint density at radius 1 is 1.30 bits per heavy atom. The number of hydrogen-bond donors (Lipinski definition) is 1. The number of anilines is 1. The van der Waals surface area contributed by atoms with Gasteiger partial charge in [0.15, 0.2) is 0 Å². The van der Waals surface area contributed by atoms with Gasteiger partial charge in [-0.2, -0.15) is 5.26 Å². The number of rotatable bonds is 3. The van der Waals surface area contributed by atoms with E-state index in [1.54, 1.807) is 12.1 Å². The topological polar surface area (TPSA) is 66.9 Å². The summed E-state index contributed by atoms with van der Waals surface area (Å²) >= 11 is 6.03. The van der Waals surface area contributed by atoms with Gasteiger partial charge in [0.2, 0.25) is 0 Å². The smallest absolute Gasteiger partial charge is 0.125 e. The molecule has 102 valence electrons. The fraction of sp³-hybridized carbons (Fsp3) is 0.0714. The molecule has 0 aliphatic heterocycles. The zero-order valence-electron chi connectivity index (χ0n) is 10.3. The minimum atomic E-state index is -1.43. The molecule has 20 heavy (non-hydrogen) atoms. The summed E-state index contributed by atoms with van der Waals surface area (Å²) in [6.45, 7) is 0. The Labute approximate surface area is 123 Å². The fourth-order valence-electron chi connectivity index (χ4n) is 1.68. The van der Waals surface area contributed by atoms with Crippen molar-refractivity contribution in [1.29, 1.82) is 5.26 Å². The summed E-state index contributed by atoms with van der Waals surface area (Å²) in [4.78, 5) is 0.367. The Kier molecular flexibility index (Phi) is 4.38. The van der Waals surface area contributed by atoms with Crippen LogP contribution in [0.25, 0.3) is 0 Å². The van der Waals surface area contributed by atoms with E-state index in [1.807, 2.05) is 6.07 Å². The molecular formula is C14H10ClFN2OS. The van der Waals surface area contributed by atoms with Crippen LogP contribution >= 0.6 is 11.6 Å². The van der Waals surface area contributed by atoms with E-state index < -0.39 is 16.6 Å². The van der Waals surface area contributed by atoms with Crippen molar-refractivity contribution in [2.45, 2.75) is 10.6 Å². The number of nitriles is 1. The van der Waals surface area contributed by atoms with E-state index in [9.17, 15) is 8.60 Å². The van der Waals surface area contributed by atoms with Gasteiger partial charge in [-0.05, 0) is 35.9 Å². The first-order valence-electron chi connectivity index (χ1n) is 5.63. The molecule has 2 aromatic carbocycles. The lowest BCUT2D eigenvalue weighted by Gasteiger charge is -2.07. The van der Waals surface area contributed by atoms with Crippen molar-refractivity contribution in [2.24, 2.45) is 0 Å². The van der Waals surface area contributed by atoms with Crippen molar-refractivity contribution in [3.8, 4) is 6.07 Å². The van der Waals surface area contributed by atoms with Gasteiger partial charge in [0.05, 0.1) is 38.8 Å². The molecule has 0 spiro atoms. The number of nitrogens with two attached hydrogens (primary N) is 1. The van der Waals surface area contributed by atoms with Crippen LogP contribution in [0.4, 0.5) is 10.1 Å². The number of nitrogens with zero attached hydrogens (tertiary/aromatic N) is 1. The van der Waals surface area contributed by atoms with Crippen LogP contribution in [0.2, 0.25) is 5.02 Å². The van der Waals surface area contributed by atoms with Crippen LogP contribution in [0.5, 0.6) is 0 Å². The van der Waals surface area contributed by atoms with Crippen LogP contribution in [0.1, 0.15) is 11.1 Å². The molecule has 2 N–H and O–H groups in total. The highest BCUT2D eigenvalue weighted by atomic mass is 35.5. The van der Waals surface area contributed by atoms with Crippen molar-refractivity contribution in [2.75, 3.05) is 5.73 Å². The minimum absolute atomic E-state index is 0.146. The lowest BCUT2D eigenvalue weighted by Crippen LogP contribution is -2.02. The van der Waals surface area contributed by atoms with Crippen LogP contribution in [0.3, 0.4) is 0 Å². The third kappa shape index (κ3) is 3.16. The van der Waals surface area contributed by atoms with Gasteiger partial charge < -0.3 is 5.73 Å². The van der Waals surface area contributed by atoms with E-state index in [4.69, 9.17) is 22.6 Å². The Morgan fingerprint density at radius 3 is 2.65 bits per heavy atom. The van der Waals surface area contributed by atoms with Gasteiger partial charge >= 0.3 is 0 Å². The van der Waals surface area contributed by atoms with Crippen molar-refractivity contribution >= 4 is 28.1 Å². The Balaban J connectivity index is 2.26. The van der Waals surface area contributed by atoms with Crippen LogP contribution < -0.4 is 5.73 Å². The van der Waals surface area contributed by atoms with Gasteiger partial charge in [-0.15, -0.1) is 0 Å². The van der Waals surface area contributed by atoms with Gasteiger partial charge in [0, 0.05) is 5.02 Å². The molecule has 0 aliphatic rings. The molecule has 0 amide bonds. The predicted molar refractivity (Wildman–Crippen MR) is 77.1 cm³/mol. The molecule has 2 aromatic rings. The number of hydrogen-bond acceptors (Lipinski definition) is 3. The molecule has 0 heterocycles. The van der Waals surface area contributed by atoms with E-state index in [1.165, 1.54) is 18.2 Å². The predicted octanol–water partition coefficient (Wildman–Crippen LogP) is 3.24. The summed E-state index contributed by atoms with van der Waals surface area (Å²) < 4.78 is 25.2. The number of halogens is 2. The molecule has 0 fully saturated rings. The molecular weight excluding hydrogens is 299 g/mol. The first-order chi connectivity index (χ1) is 9.51. The number of benzene rings is 2. The number of nitrogen functional groups attached to an aromatic ring is 1. The molecule has 0 saturated heterocycles. The zero-order chi connectivity index (χ0) is 14.7. The highest BCUT2D eigenvalue weighted by molar-refractivity contribution is 7.84. The van der Waals surface area contributed by atoms with E-state index in [-0.39, 0.29) is 11.4 Å². The second-order valence-corrected chi connectivity index (χ2v) is 5.92. The summed E-state index contributed by atoms with van der Waals surface area (Å²) in [6, 6.07) is 10.5. The second kappa shape index (κ2) is 6.04. The fourth-order valence-corrected chi connectivity index (χ4v) is 3.24. The Bertz CT molecular complexity index is 728. The average Bonchev–Trinajstić information content (AvgIpc) is 2.40. The van der Waals surface area contributed by atoms with Crippen LogP contribution in [-0.2, 0) is 16.6 Å². The maximum atomic E-state index is 13.0. The Morgan fingerprint density at radius 2 is 2.05 bits per heavy atom. The summed E-state index contributed by atoms with van der Waals surface area (Å²) in [5.74, 6) is -0.319. The molecule has 0 saturated carbocycles. The van der Waals surface area contributed by atoms with Crippen molar-refractivity contribution in [3.05, 3.63) is 58.4 Å². The summed E-state index contributed by atoms with van der Waals surface area (Å²) in [5.41, 5.74) is 6.88. The summed E-state index contributed by atoms with van der Waals surface area (Å²) in [6.07, 6.45) is 0. The lowest BCUT2D eigenvalue weighted by molar-refractivity contribution is 0.627. The average molecular weight is 309 g/mol. The third-order valence-corrected chi connectivity index (χ3v) is 4.47. The molecule has 0 bridgehead atoms. The largest absolute Gasteiger partial charge is 0.398 e. The highest BCUT2D eigenvalue weighted by Crippen LogP contribution is 2.24. The van der Waals surface area contributed by atoms with E-state index >= 15 is 0 Å². The van der Waals surface area contributed by atoms with Gasteiger partial charge in [-0.3, -0.25) is 4.21 Å². The highest BCUT2D eigenvalue weighted by Gasteiger charge is 2.12. The summed E-state index contributed by atoms with van der Waals surface area (Å²) in [7, 11) is -1.43. The maximum absolute atomic E-state index is 13.0. The minimum Gasteiger partial charge on any atom is -0.398 e. The second-order valence-electron chi connectivity index (χ2n) is 4.09. The molecule has 6 heteroatoms. The monoisotopic (exact) mass is 308 g/mol. The zero-order valence-corrected chi connectivity index (χ0v) is 11.8. The molecule has 1 unspecified atom stereocenters. The van der Waals surface area contributed by atoms with Gasteiger partial charge in [0.25, 0.3) is 0 Å². The van der Waals surface area contributed by atoms with E-state index in [0.29, 0.717) is 21.0 Å². The Hall–Kier alpha value is -1.90. The van der Waals surface area contributed by atoms with Crippen molar-refractivity contribution < 1.29 is 8.60 Å².